The van der Waals surface area contributed by atoms with Crippen molar-refractivity contribution in [3.63, 3.8) is 0 Å². The van der Waals surface area contributed by atoms with Crippen molar-refractivity contribution in [1.29, 1.82) is 0 Å². The van der Waals surface area contributed by atoms with Gasteiger partial charge in [-0.15, -0.1) is 0 Å². The summed E-state index contributed by atoms with van der Waals surface area (Å²) in [6.45, 7) is 1.91. The number of amides is 3. The second kappa shape index (κ2) is 6.75. The number of likely N-dealkylation sites (tertiary alicyclic amines) is 1. The SMILES string of the molecule is NC(=O)C1COCCN1C(=O)N1CCC(CC(=O)O)CC1. The van der Waals surface area contributed by atoms with Crippen LogP contribution >= 0.6 is 0 Å². The first-order valence-electron chi connectivity index (χ1n) is 7.13. The first kappa shape index (κ1) is 15.6. The maximum atomic E-state index is 12.5. The average molecular weight is 299 g/mol. The number of nitrogens with two attached hydrogens (primary N) is 1. The number of morpholine rings is 1. The predicted octanol–water partition coefficient (Wildman–Crippen LogP) is -0.521. The maximum absolute atomic E-state index is 12.5. The Morgan fingerprint density at radius 1 is 1.19 bits per heavy atom. The third-order valence-electron chi connectivity index (χ3n) is 4.05. The predicted molar refractivity (Wildman–Crippen MR) is 72.5 cm³/mol. The van der Waals surface area contributed by atoms with Crippen molar-refractivity contribution >= 4 is 17.9 Å². The van der Waals surface area contributed by atoms with Crippen LogP contribution in [0.5, 0.6) is 0 Å². The lowest BCUT2D eigenvalue weighted by atomic mass is 9.94. The van der Waals surface area contributed by atoms with Gasteiger partial charge in [0.2, 0.25) is 5.91 Å². The van der Waals surface area contributed by atoms with Crippen molar-refractivity contribution in [2.45, 2.75) is 25.3 Å². The number of carboxylic acid groups (broad SMARTS) is 1. The van der Waals surface area contributed by atoms with Crippen molar-refractivity contribution < 1.29 is 24.2 Å². The van der Waals surface area contributed by atoms with E-state index < -0.39 is 17.9 Å². The molecule has 3 amide bonds. The Bertz CT molecular complexity index is 420. The fraction of sp³-hybridized carbons (Fsp3) is 0.769. The summed E-state index contributed by atoms with van der Waals surface area (Å²) in [7, 11) is 0. The van der Waals surface area contributed by atoms with Gasteiger partial charge in [0, 0.05) is 26.1 Å². The van der Waals surface area contributed by atoms with Gasteiger partial charge >= 0.3 is 12.0 Å². The van der Waals surface area contributed by atoms with Crippen LogP contribution in [0.4, 0.5) is 4.79 Å². The molecule has 1 atom stereocenters. The molecule has 2 heterocycles. The third kappa shape index (κ3) is 3.84. The highest BCUT2D eigenvalue weighted by Gasteiger charge is 2.35. The van der Waals surface area contributed by atoms with E-state index in [1.807, 2.05) is 0 Å². The Balaban J connectivity index is 1.91. The van der Waals surface area contributed by atoms with Gasteiger partial charge in [0.15, 0.2) is 0 Å². The fourth-order valence-corrected chi connectivity index (χ4v) is 2.83. The number of piperidine rings is 1. The summed E-state index contributed by atoms with van der Waals surface area (Å²) in [5.74, 6) is -1.26. The van der Waals surface area contributed by atoms with Gasteiger partial charge in [-0.1, -0.05) is 0 Å². The van der Waals surface area contributed by atoms with E-state index in [1.165, 1.54) is 4.90 Å². The number of carboxylic acids is 1. The van der Waals surface area contributed by atoms with Crippen LogP contribution < -0.4 is 5.73 Å². The van der Waals surface area contributed by atoms with Gasteiger partial charge in [0.25, 0.3) is 0 Å². The van der Waals surface area contributed by atoms with E-state index >= 15 is 0 Å². The number of carbonyl (C=O) groups excluding carboxylic acids is 2. The van der Waals surface area contributed by atoms with Crippen LogP contribution in [0.25, 0.3) is 0 Å². The molecule has 0 bridgehead atoms. The molecule has 0 aliphatic carbocycles. The number of primary amides is 1. The van der Waals surface area contributed by atoms with Gasteiger partial charge in [0.05, 0.1) is 13.2 Å². The Morgan fingerprint density at radius 3 is 2.43 bits per heavy atom. The Morgan fingerprint density at radius 2 is 1.86 bits per heavy atom. The van der Waals surface area contributed by atoms with Gasteiger partial charge in [-0.3, -0.25) is 9.59 Å². The lowest BCUT2D eigenvalue weighted by molar-refractivity contribution is -0.138. The van der Waals surface area contributed by atoms with Crippen molar-refractivity contribution in [3.05, 3.63) is 0 Å². The van der Waals surface area contributed by atoms with Gasteiger partial charge in [-0.05, 0) is 18.8 Å². The van der Waals surface area contributed by atoms with Crippen LogP contribution in [-0.2, 0) is 14.3 Å². The number of rotatable bonds is 3. The first-order valence-corrected chi connectivity index (χ1v) is 7.13. The largest absolute Gasteiger partial charge is 0.481 e. The fourth-order valence-electron chi connectivity index (χ4n) is 2.83. The summed E-state index contributed by atoms with van der Waals surface area (Å²) in [6.07, 6.45) is 1.48. The second-order valence-electron chi connectivity index (χ2n) is 5.50. The molecular weight excluding hydrogens is 278 g/mol. The summed E-state index contributed by atoms with van der Waals surface area (Å²) in [5, 5.41) is 8.79. The standard InChI is InChI=1S/C13H21N3O5/c14-12(19)10-8-21-6-5-16(10)13(20)15-3-1-9(2-4-15)7-11(17)18/h9-10H,1-8H2,(H2,14,19)(H,17,18). The minimum atomic E-state index is -0.804. The van der Waals surface area contributed by atoms with Crippen LogP contribution in [0.2, 0.25) is 0 Å². The number of aliphatic carboxylic acids is 1. The third-order valence-corrected chi connectivity index (χ3v) is 4.05. The topological polar surface area (TPSA) is 113 Å². The highest BCUT2D eigenvalue weighted by Crippen LogP contribution is 2.22. The van der Waals surface area contributed by atoms with Gasteiger partial charge in [0.1, 0.15) is 6.04 Å². The molecule has 0 radical (unpaired) electrons. The van der Waals surface area contributed by atoms with E-state index in [4.69, 9.17) is 15.6 Å². The minimum absolute atomic E-state index is 0.114. The number of nitrogens with zero attached hydrogens (tertiary/aromatic N) is 2. The summed E-state index contributed by atoms with van der Waals surface area (Å²) < 4.78 is 5.19. The summed E-state index contributed by atoms with van der Waals surface area (Å²) in [4.78, 5) is 37.7. The summed E-state index contributed by atoms with van der Waals surface area (Å²) in [6, 6.07) is -0.932. The van der Waals surface area contributed by atoms with Crippen molar-refractivity contribution in [2.75, 3.05) is 32.8 Å². The molecule has 0 spiro atoms. The molecule has 0 aromatic rings. The van der Waals surface area contributed by atoms with E-state index in [-0.39, 0.29) is 25.0 Å². The number of carbonyl (C=O) groups is 3. The second-order valence-corrected chi connectivity index (χ2v) is 5.50. The number of hydrogen-bond donors (Lipinski definition) is 2. The molecule has 2 saturated heterocycles. The van der Waals surface area contributed by atoms with Crippen LogP contribution in [0.3, 0.4) is 0 Å². The lowest BCUT2D eigenvalue weighted by Gasteiger charge is -2.39. The van der Waals surface area contributed by atoms with E-state index in [0.29, 0.717) is 39.1 Å². The molecule has 0 aromatic carbocycles. The highest BCUT2D eigenvalue weighted by molar-refractivity contribution is 5.86. The zero-order valence-electron chi connectivity index (χ0n) is 11.9. The average Bonchev–Trinajstić information content (AvgIpc) is 2.46. The monoisotopic (exact) mass is 299 g/mol. The highest BCUT2D eigenvalue weighted by atomic mass is 16.5. The van der Waals surface area contributed by atoms with Gasteiger partial charge < -0.3 is 25.4 Å². The first-order chi connectivity index (χ1) is 9.99. The van der Waals surface area contributed by atoms with Gasteiger partial charge in [-0.2, -0.15) is 0 Å². The lowest BCUT2D eigenvalue weighted by Crippen LogP contribution is -2.59. The zero-order chi connectivity index (χ0) is 15.4. The van der Waals surface area contributed by atoms with E-state index in [9.17, 15) is 14.4 Å². The number of urea groups is 1. The molecule has 2 fully saturated rings. The number of hydrogen-bond acceptors (Lipinski definition) is 4. The molecule has 0 aromatic heterocycles. The van der Waals surface area contributed by atoms with Crippen molar-refractivity contribution in [2.24, 2.45) is 11.7 Å². The van der Waals surface area contributed by atoms with E-state index in [2.05, 4.69) is 0 Å². The van der Waals surface area contributed by atoms with E-state index in [0.717, 1.165) is 0 Å². The van der Waals surface area contributed by atoms with Crippen LogP contribution in [-0.4, -0.2) is 71.7 Å². The molecule has 2 aliphatic rings. The number of ether oxygens (including phenoxy) is 1. The molecule has 118 valence electrons. The summed E-state index contributed by atoms with van der Waals surface area (Å²) in [5.41, 5.74) is 5.31. The molecule has 2 rings (SSSR count). The molecule has 0 saturated carbocycles. The molecule has 2 aliphatic heterocycles. The minimum Gasteiger partial charge on any atom is -0.481 e. The summed E-state index contributed by atoms with van der Waals surface area (Å²) >= 11 is 0. The van der Waals surface area contributed by atoms with Crippen LogP contribution in [0, 0.1) is 5.92 Å². The molecular formula is C13H21N3O5. The maximum Gasteiger partial charge on any atom is 0.320 e. The molecule has 1 unspecified atom stereocenters. The van der Waals surface area contributed by atoms with Crippen molar-refractivity contribution in [1.82, 2.24) is 9.80 Å². The zero-order valence-corrected chi connectivity index (χ0v) is 11.9. The van der Waals surface area contributed by atoms with E-state index in [1.54, 1.807) is 4.90 Å². The van der Waals surface area contributed by atoms with Crippen LogP contribution in [0.1, 0.15) is 19.3 Å². The Kier molecular flexibility index (Phi) is 5.00. The normalized spacial score (nSPS) is 23.9. The molecule has 21 heavy (non-hydrogen) atoms. The van der Waals surface area contributed by atoms with Gasteiger partial charge in [-0.25, -0.2) is 4.79 Å². The Labute approximate surface area is 122 Å². The molecule has 8 nitrogen and oxygen atoms in total. The molecule has 8 heteroatoms. The van der Waals surface area contributed by atoms with Crippen LogP contribution in [0.15, 0.2) is 0 Å². The van der Waals surface area contributed by atoms with Crippen molar-refractivity contribution in [3.8, 4) is 0 Å². The molecule has 3 N–H and O–H groups in total. The quantitative estimate of drug-likeness (QED) is 0.728. The smallest absolute Gasteiger partial charge is 0.320 e. The Hall–Kier alpha value is -1.83.